The van der Waals surface area contributed by atoms with E-state index in [1.54, 1.807) is 0 Å². The van der Waals surface area contributed by atoms with Gasteiger partial charge in [0.2, 0.25) is 0 Å². The van der Waals surface area contributed by atoms with E-state index in [0.717, 1.165) is 22.0 Å². The molecule has 2 aromatic carbocycles. The number of Topliss-reactive ketones (excluding diaryl/α,β-unsaturated/α-hetero) is 1. The van der Waals surface area contributed by atoms with Crippen LogP contribution < -0.4 is 4.72 Å². The van der Waals surface area contributed by atoms with Crippen molar-refractivity contribution in [2.45, 2.75) is 30.7 Å². The van der Waals surface area contributed by atoms with Crippen molar-refractivity contribution < 1.29 is 9.00 Å². The number of halogens is 1. The molecule has 0 radical (unpaired) electrons. The summed E-state index contributed by atoms with van der Waals surface area (Å²) >= 11 is 3.42. The van der Waals surface area contributed by atoms with Gasteiger partial charge in [-0.3, -0.25) is 4.79 Å². The molecular formula is C19H18BrNO2S. The van der Waals surface area contributed by atoms with Gasteiger partial charge in [-0.2, -0.15) is 0 Å². The minimum absolute atomic E-state index is 0.122. The van der Waals surface area contributed by atoms with Gasteiger partial charge < -0.3 is 0 Å². The molecule has 1 aliphatic rings. The molecule has 0 spiro atoms. The van der Waals surface area contributed by atoms with Crippen molar-refractivity contribution in [2.75, 3.05) is 0 Å². The Morgan fingerprint density at radius 1 is 1.08 bits per heavy atom. The Morgan fingerprint density at radius 2 is 1.75 bits per heavy atom. The zero-order valence-corrected chi connectivity index (χ0v) is 15.7. The SMILES string of the molecule is Cc1ccc([S@](=O)N[C@@H](C2=CCCC2=O)c2ccc(Br)cc2)cc1. The zero-order chi connectivity index (χ0) is 17.1. The van der Waals surface area contributed by atoms with Gasteiger partial charge in [0.15, 0.2) is 5.78 Å². The molecule has 1 N–H and O–H groups in total. The average molecular weight is 404 g/mol. The third-order valence-electron chi connectivity index (χ3n) is 4.03. The van der Waals surface area contributed by atoms with Gasteiger partial charge in [0.25, 0.3) is 0 Å². The van der Waals surface area contributed by atoms with Crippen molar-refractivity contribution in [3.63, 3.8) is 0 Å². The molecule has 124 valence electrons. The van der Waals surface area contributed by atoms with Crippen LogP contribution in [0.3, 0.4) is 0 Å². The van der Waals surface area contributed by atoms with E-state index in [-0.39, 0.29) is 11.8 Å². The Bertz CT molecular complexity index is 797. The number of carbonyl (C=O) groups is 1. The fourth-order valence-corrected chi connectivity index (χ4v) is 3.96. The number of hydrogen-bond donors (Lipinski definition) is 1. The van der Waals surface area contributed by atoms with E-state index in [2.05, 4.69) is 20.7 Å². The van der Waals surface area contributed by atoms with Gasteiger partial charge in [0.1, 0.15) is 11.0 Å². The van der Waals surface area contributed by atoms with Crippen LogP contribution in [0.4, 0.5) is 0 Å². The number of carbonyl (C=O) groups excluding carboxylic acids is 1. The summed E-state index contributed by atoms with van der Waals surface area (Å²) in [6, 6.07) is 14.9. The Kier molecular flexibility index (Phi) is 5.43. The van der Waals surface area contributed by atoms with Crippen molar-refractivity contribution in [2.24, 2.45) is 0 Å². The number of rotatable bonds is 5. The molecule has 0 heterocycles. The van der Waals surface area contributed by atoms with E-state index in [9.17, 15) is 9.00 Å². The molecule has 0 saturated heterocycles. The smallest absolute Gasteiger partial charge is 0.160 e. The van der Waals surface area contributed by atoms with E-state index < -0.39 is 11.0 Å². The largest absolute Gasteiger partial charge is 0.294 e. The van der Waals surface area contributed by atoms with Crippen molar-refractivity contribution in [3.8, 4) is 0 Å². The van der Waals surface area contributed by atoms with Crippen molar-refractivity contribution in [1.29, 1.82) is 0 Å². The summed E-state index contributed by atoms with van der Waals surface area (Å²) in [4.78, 5) is 12.9. The molecule has 2 atom stereocenters. The maximum absolute atomic E-state index is 12.7. The second-order valence-electron chi connectivity index (χ2n) is 5.81. The lowest BCUT2D eigenvalue weighted by Gasteiger charge is -2.19. The molecule has 0 aromatic heterocycles. The number of benzene rings is 2. The van der Waals surface area contributed by atoms with Crippen molar-refractivity contribution in [1.82, 2.24) is 4.72 Å². The topological polar surface area (TPSA) is 46.2 Å². The maximum atomic E-state index is 12.7. The highest BCUT2D eigenvalue weighted by Crippen LogP contribution is 2.30. The van der Waals surface area contributed by atoms with Crippen LogP contribution in [-0.4, -0.2) is 9.99 Å². The van der Waals surface area contributed by atoms with Crippen LogP contribution in [0, 0.1) is 6.92 Å². The lowest BCUT2D eigenvalue weighted by molar-refractivity contribution is -0.115. The molecule has 3 nitrogen and oxygen atoms in total. The lowest BCUT2D eigenvalue weighted by Crippen LogP contribution is -2.27. The number of allylic oxidation sites excluding steroid dienone is 1. The molecule has 0 bridgehead atoms. The third-order valence-corrected chi connectivity index (χ3v) is 5.71. The van der Waals surface area contributed by atoms with Gasteiger partial charge in [-0.1, -0.05) is 51.8 Å². The van der Waals surface area contributed by atoms with Crippen molar-refractivity contribution >= 4 is 32.7 Å². The van der Waals surface area contributed by atoms with Gasteiger partial charge in [0.05, 0.1) is 10.9 Å². The number of ketones is 1. The molecule has 0 unspecified atom stereocenters. The first kappa shape index (κ1) is 17.3. The molecule has 2 aromatic rings. The third kappa shape index (κ3) is 3.91. The van der Waals surface area contributed by atoms with Crippen molar-refractivity contribution in [3.05, 3.63) is 75.8 Å². The van der Waals surface area contributed by atoms with Gasteiger partial charge >= 0.3 is 0 Å². The van der Waals surface area contributed by atoms with Crippen LogP contribution >= 0.6 is 15.9 Å². The highest BCUT2D eigenvalue weighted by molar-refractivity contribution is 9.10. The lowest BCUT2D eigenvalue weighted by atomic mass is 9.98. The fourth-order valence-electron chi connectivity index (χ4n) is 2.70. The van der Waals surface area contributed by atoms with E-state index in [1.165, 1.54) is 0 Å². The fraction of sp³-hybridized carbons (Fsp3) is 0.211. The molecule has 0 fully saturated rings. The van der Waals surface area contributed by atoms with E-state index in [4.69, 9.17) is 0 Å². The first-order chi connectivity index (χ1) is 11.5. The number of hydrogen-bond acceptors (Lipinski definition) is 2. The maximum Gasteiger partial charge on any atom is 0.160 e. The molecule has 0 aliphatic heterocycles. The molecule has 24 heavy (non-hydrogen) atoms. The normalized spacial score (nSPS) is 16.8. The second-order valence-corrected chi connectivity index (χ2v) is 7.97. The molecule has 5 heteroatoms. The molecule has 0 saturated carbocycles. The van der Waals surface area contributed by atoms with Gasteiger partial charge in [0, 0.05) is 16.5 Å². The first-order valence-corrected chi connectivity index (χ1v) is 9.72. The van der Waals surface area contributed by atoms with E-state index in [1.807, 2.05) is 61.5 Å². The summed E-state index contributed by atoms with van der Waals surface area (Å²) < 4.78 is 16.8. The molecule has 0 amide bonds. The molecule has 3 rings (SSSR count). The summed E-state index contributed by atoms with van der Waals surface area (Å²) in [5, 5.41) is 0. The Hall–Kier alpha value is -1.56. The summed E-state index contributed by atoms with van der Waals surface area (Å²) in [6.07, 6.45) is 3.23. The van der Waals surface area contributed by atoms with E-state index >= 15 is 0 Å². The minimum atomic E-state index is -1.39. The Balaban J connectivity index is 1.90. The quantitative estimate of drug-likeness (QED) is 0.803. The summed E-state index contributed by atoms with van der Waals surface area (Å²) in [5.74, 6) is 0.122. The summed E-state index contributed by atoms with van der Waals surface area (Å²) in [6.45, 7) is 1.99. The van der Waals surface area contributed by atoms with Gasteiger partial charge in [-0.15, -0.1) is 0 Å². The van der Waals surface area contributed by atoms with Crippen LogP contribution in [0.15, 0.2) is 69.5 Å². The standard InChI is InChI=1S/C19H18BrNO2S/c1-13-5-11-16(12-6-13)24(23)21-19(17-3-2-4-18(17)22)14-7-9-15(20)10-8-14/h3,5-12,19,21H,2,4H2,1H3/t19-,24+/m1/s1. The molecule has 1 aliphatic carbocycles. The van der Waals surface area contributed by atoms with Crippen LogP contribution in [-0.2, 0) is 15.8 Å². The highest BCUT2D eigenvalue weighted by atomic mass is 79.9. The Labute approximate surface area is 152 Å². The Morgan fingerprint density at radius 3 is 2.33 bits per heavy atom. The molecular weight excluding hydrogens is 386 g/mol. The average Bonchev–Trinajstić information content (AvgIpc) is 3.00. The van der Waals surface area contributed by atoms with Crippen LogP contribution in [0.2, 0.25) is 0 Å². The number of aryl methyl sites for hydroxylation is 1. The van der Waals surface area contributed by atoms with E-state index in [0.29, 0.717) is 16.9 Å². The summed E-state index contributed by atoms with van der Waals surface area (Å²) in [7, 11) is -1.39. The van der Waals surface area contributed by atoms with Crippen LogP contribution in [0.1, 0.15) is 30.0 Å². The predicted molar refractivity (Wildman–Crippen MR) is 99.9 cm³/mol. The monoisotopic (exact) mass is 403 g/mol. The van der Waals surface area contributed by atoms with Crippen LogP contribution in [0.25, 0.3) is 0 Å². The minimum Gasteiger partial charge on any atom is -0.294 e. The van der Waals surface area contributed by atoms with Crippen LogP contribution in [0.5, 0.6) is 0 Å². The predicted octanol–water partition coefficient (Wildman–Crippen LogP) is 4.40. The zero-order valence-electron chi connectivity index (χ0n) is 13.3. The summed E-state index contributed by atoms with van der Waals surface area (Å²) in [5.41, 5.74) is 2.76. The van der Waals surface area contributed by atoms with Gasteiger partial charge in [-0.05, 0) is 43.2 Å². The highest BCUT2D eigenvalue weighted by Gasteiger charge is 2.27. The number of nitrogens with one attached hydrogen (secondary N) is 1. The first-order valence-electron chi connectivity index (χ1n) is 7.78. The second kappa shape index (κ2) is 7.55. The van der Waals surface area contributed by atoms with Gasteiger partial charge in [-0.25, -0.2) is 8.93 Å².